The van der Waals surface area contributed by atoms with Crippen molar-refractivity contribution in [2.45, 2.75) is 25.9 Å². The molecule has 4 N–H and O–H groups in total. The molecule has 0 spiro atoms. The van der Waals surface area contributed by atoms with Gasteiger partial charge in [-0.1, -0.05) is 13.0 Å². The monoisotopic (exact) mass is 482 g/mol. The number of halogens is 2. The molecule has 1 aliphatic rings. The number of carbonyl (C=O) groups is 1. The fourth-order valence-electron chi connectivity index (χ4n) is 4.23. The van der Waals surface area contributed by atoms with Gasteiger partial charge in [0.2, 0.25) is 0 Å². The number of aromatic nitrogens is 2. The van der Waals surface area contributed by atoms with E-state index in [9.17, 15) is 19.8 Å². The van der Waals surface area contributed by atoms with Crippen LogP contribution in [0.25, 0.3) is 22.2 Å². The fraction of sp³-hybridized carbons (Fsp3) is 0.364. The summed E-state index contributed by atoms with van der Waals surface area (Å²) in [6, 6.07) is 8.44. The van der Waals surface area contributed by atoms with Gasteiger partial charge in [0.05, 0.1) is 5.69 Å². The van der Waals surface area contributed by atoms with Crippen LogP contribution in [0.4, 0.5) is 0 Å². The third kappa shape index (κ3) is 4.49. The van der Waals surface area contributed by atoms with E-state index in [0.29, 0.717) is 23.7 Å². The third-order valence-electron chi connectivity index (χ3n) is 5.92. The molecule has 0 atom stereocenters. The van der Waals surface area contributed by atoms with Gasteiger partial charge in [-0.25, -0.2) is 4.79 Å². The zero-order chi connectivity index (χ0) is 21.6. The Labute approximate surface area is 198 Å². The van der Waals surface area contributed by atoms with Gasteiger partial charge >= 0.3 is 5.97 Å². The molecule has 0 aliphatic carbocycles. The van der Waals surface area contributed by atoms with Crippen molar-refractivity contribution in [1.82, 2.24) is 19.8 Å². The van der Waals surface area contributed by atoms with Gasteiger partial charge in [-0.05, 0) is 37.2 Å². The number of rotatable bonds is 6. The van der Waals surface area contributed by atoms with Gasteiger partial charge in [0.25, 0.3) is 5.56 Å². The highest BCUT2D eigenvalue weighted by atomic mass is 35.5. The standard InChI is InChI=1S/C22H26N4O4.2ClH/c1-4-16-19(24-21(28)18(20(16)27)22(29)30)12-5-6-17-13(7-12)8-15(26(17)3)9-23-14-10-25(2)11-14;;/h5-8,14,23H,4,9-11H2,1-3H3,(H,29,30)(H2,24,27,28);2*1H. The first-order chi connectivity index (χ1) is 14.3. The molecular formula is C22H28Cl2N4O4. The Morgan fingerprint density at radius 2 is 1.91 bits per heavy atom. The topological polar surface area (TPSA) is 111 Å². The Balaban J connectivity index is 0.00000181. The molecule has 2 aromatic heterocycles. The molecule has 0 radical (unpaired) electrons. The predicted molar refractivity (Wildman–Crippen MR) is 130 cm³/mol. The first-order valence-electron chi connectivity index (χ1n) is 10.0. The van der Waals surface area contributed by atoms with Crippen LogP contribution in [0.15, 0.2) is 29.1 Å². The van der Waals surface area contributed by atoms with Gasteiger partial charge < -0.3 is 30.0 Å². The minimum atomic E-state index is -1.44. The number of benzene rings is 1. The molecule has 8 nitrogen and oxygen atoms in total. The maximum Gasteiger partial charge on any atom is 0.345 e. The van der Waals surface area contributed by atoms with Crippen LogP contribution in [-0.2, 0) is 20.0 Å². The number of nitrogens with zero attached hydrogens (tertiary/aromatic N) is 2. The number of likely N-dealkylation sites (tertiary alicyclic amines) is 1. The number of likely N-dealkylation sites (N-methyl/N-ethyl adjacent to an activating group) is 1. The highest BCUT2D eigenvalue weighted by molar-refractivity contribution is 5.92. The summed E-state index contributed by atoms with van der Waals surface area (Å²) >= 11 is 0. The summed E-state index contributed by atoms with van der Waals surface area (Å²) in [6.07, 6.45) is 0.385. The second-order valence-corrected chi connectivity index (χ2v) is 7.96. The molecule has 0 unspecified atom stereocenters. The maximum atomic E-state index is 12.3. The lowest BCUT2D eigenvalue weighted by Gasteiger charge is -2.36. The largest absolute Gasteiger partial charge is 0.506 e. The Hall–Kier alpha value is -2.52. The summed E-state index contributed by atoms with van der Waals surface area (Å²) in [6.45, 7) is 4.68. The Kier molecular flexibility index (Phi) is 8.01. The summed E-state index contributed by atoms with van der Waals surface area (Å²) in [5, 5.41) is 24.2. The molecule has 32 heavy (non-hydrogen) atoms. The normalized spacial score (nSPS) is 14.0. The number of aryl methyl sites for hydroxylation is 1. The lowest BCUT2D eigenvalue weighted by molar-refractivity contribution is 0.0691. The number of carboxylic acid groups (broad SMARTS) is 1. The molecule has 174 valence electrons. The van der Waals surface area contributed by atoms with Gasteiger partial charge in [0, 0.05) is 54.9 Å². The number of H-pyrrole nitrogens is 1. The van der Waals surface area contributed by atoms with Gasteiger partial charge in [0.1, 0.15) is 5.75 Å². The minimum absolute atomic E-state index is 0. The number of pyridine rings is 1. The molecule has 0 amide bonds. The zero-order valence-corrected chi connectivity index (χ0v) is 19.8. The molecule has 0 bridgehead atoms. The van der Waals surface area contributed by atoms with Crippen LogP contribution in [-0.4, -0.2) is 56.8 Å². The molecule has 1 saturated heterocycles. The number of nitrogens with one attached hydrogen (secondary N) is 2. The number of hydrogen-bond donors (Lipinski definition) is 4. The smallest absolute Gasteiger partial charge is 0.345 e. The summed E-state index contributed by atoms with van der Waals surface area (Å²) < 4.78 is 2.14. The molecule has 10 heteroatoms. The van der Waals surface area contributed by atoms with Crippen molar-refractivity contribution in [1.29, 1.82) is 0 Å². The van der Waals surface area contributed by atoms with Crippen LogP contribution in [0.5, 0.6) is 5.75 Å². The van der Waals surface area contributed by atoms with Gasteiger partial charge in [-0.2, -0.15) is 0 Å². The van der Waals surface area contributed by atoms with E-state index < -0.39 is 22.8 Å². The number of aromatic carboxylic acids is 1. The van der Waals surface area contributed by atoms with E-state index >= 15 is 0 Å². The molecule has 3 heterocycles. The molecule has 0 saturated carbocycles. The lowest BCUT2D eigenvalue weighted by atomic mass is 9.99. The summed E-state index contributed by atoms with van der Waals surface area (Å²) in [4.78, 5) is 28.5. The fourth-order valence-corrected chi connectivity index (χ4v) is 4.23. The predicted octanol–water partition coefficient (Wildman–Crippen LogP) is 2.75. The van der Waals surface area contributed by atoms with E-state index in [0.717, 1.165) is 41.8 Å². The van der Waals surface area contributed by atoms with Crippen molar-refractivity contribution < 1.29 is 15.0 Å². The van der Waals surface area contributed by atoms with E-state index in [4.69, 9.17) is 0 Å². The van der Waals surface area contributed by atoms with Crippen molar-refractivity contribution in [2.24, 2.45) is 7.05 Å². The second kappa shape index (κ2) is 9.95. The first kappa shape index (κ1) is 25.7. The van der Waals surface area contributed by atoms with E-state index in [-0.39, 0.29) is 24.8 Å². The number of hydrogen-bond acceptors (Lipinski definition) is 5. The van der Waals surface area contributed by atoms with Crippen LogP contribution in [0, 0.1) is 0 Å². The number of aromatic hydroxyl groups is 1. The van der Waals surface area contributed by atoms with Crippen LogP contribution in [0.3, 0.4) is 0 Å². The van der Waals surface area contributed by atoms with E-state index in [1.807, 2.05) is 32.2 Å². The molecular weight excluding hydrogens is 455 g/mol. The number of aromatic amines is 1. The highest BCUT2D eigenvalue weighted by Crippen LogP contribution is 2.32. The van der Waals surface area contributed by atoms with Crippen molar-refractivity contribution in [3.05, 3.63) is 51.4 Å². The van der Waals surface area contributed by atoms with Gasteiger partial charge in [0.15, 0.2) is 5.56 Å². The molecule has 3 aromatic rings. The minimum Gasteiger partial charge on any atom is -0.506 e. The zero-order valence-electron chi connectivity index (χ0n) is 18.1. The molecule has 1 aliphatic heterocycles. The van der Waals surface area contributed by atoms with Gasteiger partial charge in [-0.3, -0.25) is 4.79 Å². The van der Waals surface area contributed by atoms with Crippen LogP contribution >= 0.6 is 24.8 Å². The summed E-state index contributed by atoms with van der Waals surface area (Å²) in [5.74, 6) is -1.91. The maximum absolute atomic E-state index is 12.3. The summed E-state index contributed by atoms with van der Waals surface area (Å²) in [5.41, 5.74) is 2.39. The molecule has 1 aromatic carbocycles. The lowest BCUT2D eigenvalue weighted by Crippen LogP contribution is -2.55. The molecule has 1 fully saturated rings. The second-order valence-electron chi connectivity index (χ2n) is 7.96. The summed E-state index contributed by atoms with van der Waals surface area (Å²) in [7, 11) is 4.13. The first-order valence-corrected chi connectivity index (χ1v) is 10.0. The van der Waals surface area contributed by atoms with Crippen molar-refractivity contribution in [2.75, 3.05) is 20.1 Å². The highest BCUT2D eigenvalue weighted by Gasteiger charge is 2.23. The Morgan fingerprint density at radius 1 is 1.22 bits per heavy atom. The quantitative estimate of drug-likeness (QED) is 0.429. The average molecular weight is 483 g/mol. The van der Waals surface area contributed by atoms with Crippen LogP contribution in [0.2, 0.25) is 0 Å². The van der Waals surface area contributed by atoms with Crippen LogP contribution < -0.4 is 10.9 Å². The third-order valence-corrected chi connectivity index (χ3v) is 5.92. The van der Waals surface area contributed by atoms with E-state index in [1.165, 1.54) is 0 Å². The van der Waals surface area contributed by atoms with Gasteiger partial charge in [-0.15, -0.1) is 24.8 Å². The van der Waals surface area contributed by atoms with Crippen molar-refractivity contribution in [3.8, 4) is 17.0 Å². The Morgan fingerprint density at radius 3 is 2.50 bits per heavy atom. The average Bonchev–Trinajstić information content (AvgIpc) is 2.98. The Bertz CT molecular complexity index is 1200. The van der Waals surface area contributed by atoms with Crippen molar-refractivity contribution in [3.63, 3.8) is 0 Å². The van der Waals surface area contributed by atoms with Crippen LogP contribution in [0.1, 0.15) is 28.5 Å². The van der Waals surface area contributed by atoms with Crippen molar-refractivity contribution >= 4 is 41.7 Å². The SMILES string of the molecule is CCc1c(-c2ccc3c(c2)cc(CNC2CN(C)C2)n3C)[nH]c(=O)c(C(=O)O)c1O.Cl.Cl. The number of fused-ring (bicyclic) bond motifs is 1. The van der Waals surface area contributed by atoms with E-state index in [2.05, 4.69) is 32.9 Å². The number of carboxylic acids is 1. The van der Waals surface area contributed by atoms with E-state index in [1.54, 1.807) is 0 Å². The molecule has 4 rings (SSSR count).